The van der Waals surface area contributed by atoms with E-state index in [4.69, 9.17) is 4.74 Å². The summed E-state index contributed by atoms with van der Waals surface area (Å²) in [5.74, 6) is -8.60. The maximum Gasteiger partial charge on any atom is 0.456 e. The summed E-state index contributed by atoms with van der Waals surface area (Å²) in [7, 11) is 0. The topological polar surface area (TPSA) is 52.6 Å². The lowest BCUT2D eigenvalue weighted by Crippen LogP contribution is -2.49. The molecule has 0 aliphatic rings. The molecular formula is C24H41F5O4. The maximum atomic E-state index is 13.4. The van der Waals surface area contributed by atoms with Crippen LogP contribution in [0.2, 0.25) is 0 Å². The zero-order valence-electron chi connectivity index (χ0n) is 21.4. The van der Waals surface area contributed by atoms with Crippen molar-refractivity contribution in [3.8, 4) is 0 Å². The van der Waals surface area contributed by atoms with Gasteiger partial charge < -0.3 is 9.47 Å². The molecule has 0 aromatic carbocycles. The molecule has 0 aromatic heterocycles. The number of halogens is 5. The Hall–Kier alpha value is -1.41. The molecule has 4 nitrogen and oxygen atoms in total. The first-order chi connectivity index (χ1) is 14.7. The van der Waals surface area contributed by atoms with Gasteiger partial charge >= 0.3 is 24.0 Å². The number of rotatable bonds is 12. The van der Waals surface area contributed by atoms with Crippen LogP contribution in [-0.2, 0) is 19.1 Å². The monoisotopic (exact) mass is 488 g/mol. The lowest BCUT2D eigenvalue weighted by Gasteiger charge is -2.41. The van der Waals surface area contributed by atoms with E-state index in [9.17, 15) is 31.5 Å². The van der Waals surface area contributed by atoms with Gasteiger partial charge in [0, 0.05) is 0 Å². The Morgan fingerprint density at radius 1 is 0.758 bits per heavy atom. The van der Waals surface area contributed by atoms with Crippen molar-refractivity contribution in [3.63, 3.8) is 0 Å². The van der Waals surface area contributed by atoms with Crippen LogP contribution >= 0.6 is 0 Å². The molecule has 2 unspecified atom stereocenters. The van der Waals surface area contributed by atoms with Crippen LogP contribution < -0.4 is 0 Å². The Morgan fingerprint density at radius 2 is 1.24 bits per heavy atom. The summed E-state index contributed by atoms with van der Waals surface area (Å²) >= 11 is 0. The molecule has 0 spiro atoms. The number of hydrogen-bond acceptors (Lipinski definition) is 4. The quantitative estimate of drug-likeness (QED) is 0.213. The Bertz CT molecular complexity index is 646. The van der Waals surface area contributed by atoms with Crippen LogP contribution in [0.3, 0.4) is 0 Å². The van der Waals surface area contributed by atoms with Gasteiger partial charge in [-0.25, -0.2) is 0 Å². The highest BCUT2D eigenvalue weighted by Gasteiger charge is 2.59. The zero-order valence-corrected chi connectivity index (χ0v) is 21.4. The van der Waals surface area contributed by atoms with Crippen LogP contribution in [0, 0.1) is 22.7 Å². The van der Waals surface area contributed by atoms with Crippen molar-refractivity contribution in [1.29, 1.82) is 0 Å². The summed E-state index contributed by atoms with van der Waals surface area (Å²) in [6.45, 7) is 14.7. The molecule has 2 atom stereocenters. The van der Waals surface area contributed by atoms with E-state index >= 15 is 0 Å². The van der Waals surface area contributed by atoms with E-state index in [0.717, 1.165) is 6.42 Å². The second kappa shape index (κ2) is 11.3. The Morgan fingerprint density at radius 3 is 1.58 bits per heavy atom. The largest absolute Gasteiger partial charge is 0.459 e. The minimum Gasteiger partial charge on any atom is -0.459 e. The lowest BCUT2D eigenvalue weighted by atomic mass is 9.70. The first kappa shape index (κ1) is 31.6. The number of alkyl halides is 5. The summed E-state index contributed by atoms with van der Waals surface area (Å²) in [6, 6.07) is 0. The van der Waals surface area contributed by atoms with Gasteiger partial charge in [0.15, 0.2) is 6.61 Å². The molecule has 0 aromatic rings. The fourth-order valence-electron chi connectivity index (χ4n) is 3.77. The third-order valence-corrected chi connectivity index (χ3v) is 6.68. The maximum absolute atomic E-state index is 13.4. The molecule has 0 bridgehead atoms. The van der Waals surface area contributed by atoms with Crippen LogP contribution in [0.1, 0.15) is 94.4 Å². The predicted octanol–water partition coefficient (Wildman–Crippen LogP) is 7.34. The molecule has 0 aliphatic heterocycles. The highest BCUT2D eigenvalue weighted by molar-refractivity contribution is 5.77. The van der Waals surface area contributed by atoms with Gasteiger partial charge in [-0.05, 0) is 36.5 Å². The van der Waals surface area contributed by atoms with Gasteiger partial charge in [-0.15, -0.1) is 0 Å². The third kappa shape index (κ3) is 8.39. The van der Waals surface area contributed by atoms with Gasteiger partial charge in [0.05, 0.1) is 11.8 Å². The smallest absolute Gasteiger partial charge is 0.456 e. The minimum absolute atomic E-state index is 0.0476. The third-order valence-electron chi connectivity index (χ3n) is 6.68. The summed E-state index contributed by atoms with van der Waals surface area (Å²) in [6.07, 6.45) is -4.07. The second-order valence-corrected chi connectivity index (χ2v) is 10.6. The predicted molar refractivity (Wildman–Crippen MR) is 117 cm³/mol. The first-order valence-corrected chi connectivity index (χ1v) is 11.6. The molecule has 0 rings (SSSR count). The first-order valence-electron chi connectivity index (χ1n) is 11.6. The van der Waals surface area contributed by atoms with Crippen LogP contribution in [-0.4, -0.2) is 36.2 Å². The molecule has 0 saturated heterocycles. The van der Waals surface area contributed by atoms with Crippen molar-refractivity contribution in [3.05, 3.63) is 0 Å². The molecule has 0 amide bonds. The molecule has 0 radical (unpaired) electrons. The Balaban J connectivity index is 5.90. The Labute approximate surface area is 195 Å². The van der Waals surface area contributed by atoms with Crippen LogP contribution in [0.25, 0.3) is 0 Å². The van der Waals surface area contributed by atoms with Gasteiger partial charge in [-0.1, -0.05) is 68.7 Å². The molecule has 0 heterocycles. The summed E-state index contributed by atoms with van der Waals surface area (Å²) in [5, 5.41) is 0. The van der Waals surface area contributed by atoms with Crippen LogP contribution in [0.5, 0.6) is 0 Å². The SMILES string of the molecule is CCC(C(=O)OCC(F)(F)C(F)(F)F)C(CC)(CC)OC(=O)C(CC(C)(C)CC)C(C)(C)C. The standard InChI is InChI=1S/C24H41F5O4/c1-10-16(18(30)32-15-23(25,26)24(27,28)29)22(12-3,13-4)33-19(31)17(20(5,6)7)14-21(8,9)11-2/h16-17H,10-15H2,1-9H3. The molecule has 0 aliphatic carbocycles. The summed E-state index contributed by atoms with van der Waals surface area (Å²) in [5.41, 5.74) is -1.98. The fraction of sp³-hybridized carbons (Fsp3) is 0.917. The zero-order chi connectivity index (χ0) is 26.5. The van der Waals surface area contributed by atoms with Crippen molar-refractivity contribution < 1.29 is 41.0 Å². The molecule has 0 N–H and O–H groups in total. The second-order valence-electron chi connectivity index (χ2n) is 10.6. The van der Waals surface area contributed by atoms with E-state index < -0.39 is 53.5 Å². The minimum atomic E-state index is -5.83. The van der Waals surface area contributed by atoms with Gasteiger partial charge in [-0.2, -0.15) is 22.0 Å². The van der Waals surface area contributed by atoms with E-state index in [2.05, 4.69) is 4.74 Å². The van der Waals surface area contributed by atoms with E-state index in [0.29, 0.717) is 6.42 Å². The number of hydrogen-bond donors (Lipinski definition) is 0. The summed E-state index contributed by atoms with van der Waals surface area (Å²) in [4.78, 5) is 26.0. The van der Waals surface area contributed by atoms with Crippen molar-refractivity contribution in [2.45, 2.75) is 112 Å². The average Bonchev–Trinajstić information content (AvgIpc) is 2.68. The van der Waals surface area contributed by atoms with Gasteiger partial charge in [0.2, 0.25) is 0 Å². The van der Waals surface area contributed by atoms with Crippen LogP contribution in [0.4, 0.5) is 22.0 Å². The van der Waals surface area contributed by atoms with Crippen molar-refractivity contribution in [2.24, 2.45) is 22.7 Å². The lowest BCUT2D eigenvalue weighted by molar-refractivity contribution is -0.295. The number of carbonyl (C=O) groups is 2. The van der Waals surface area contributed by atoms with E-state index in [1.807, 2.05) is 41.5 Å². The van der Waals surface area contributed by atoms with Crippen LogP contribution in [0.15, 0.2) is 0 Å². The van der Waals surface area contributed by atoms with Gasteiger partial charge in [0.25, 0.3) is 0 Å². The fourth-order valence-corrected chi connectivity index (χ4v) is 3.77. The van der Waals surface area contributed by atoms with Gasteiger partial charge in [-0.3, -0.25) is 9.59 Å². The number of ether oxygens (including phenoxy) is 2. The van der Waals surface area contributed by atoms with E-state index in [1.54, 1.807) is 20.8 Å². The normalized spacial score (nSPS) is 15.7. The highest BCUT2D eigenvalue weighted by Crippen LogP contribution is 2.42. The molecule has 196 valence electrons. The van der Waals surface area contributed by atoms with Gasteiger partial charge in [0.1, 0.15) is 5.60 Å². The van der Waals surface area contributed by atoms with E-state index in [1.165, 1.54) is 0 Å². The number of esters is 2. The molecule has 0 fully saturated rings. The molecule has 9 heteroatoms. The molecule has 33 heavy (non-hydrogen) atoms. The average molecular weight is 489 g/mol. The van der Waals surface area contributed by atoms with E-state index in [-0.39, 0.29) is 24.7 Å². The summed E-state index contributed by atoms with van der Waals surface area (Å²) < 4.78 is 74.3. The molecule has 0 saturated carbocycles. The molecular weight excluding hydrogens is 447 g/mol. The highest BCUT2D eigenvalue weighted by atomic mass is 19.4. The van der Waals surface area contributed by atoms with Crippen molar-refractivity contribution >= 4 is 11.9 Å². The Kier molecular flexibility index (Phi) is 10.9. The number of carbonyl (C=O) groups excluding carboxylic acids is 2. The van der Waals surface area contributed by atoms with Crippen molar-refractivity contribution in [1.82, 2.24) is 0 Å². The van der Waals surface area contributed by atoms with Crippen molar-refractivity contribution in [2.75, 3.05) is 6.61 Å².